The van der Waals surface area contributed by atoms with Gasteiger partial charge in [0.25, 0.3) is 0 Å². The number of hydrogen-bond donors (Lipinski definition) is 0. The molecule has 162 valence electrons. The number of rotatable bonds is 8. The van der Waals surface area contributed by atoms with E-state index < -0.39 is 21.9 Å². The van der Waals surface area contributed by atoms with Crippen LogP contribution in [0.15, 0.2) is 52.3 Å². The quantitative estimate of drug-likeness (QED) is 0.409. The normalized spacial score (nSPS) is 11.5. The third kappa shape index (κ3) is 5.06. The summed E-state index contributed by atoms with van der Waals surface area (Å²) in [7, 11) is 1.75. The average Bonchev–Trinajstić information content (AvgIpc) is 3.14. The molecule has 0 aliphatic heterocycles. The number of benzene rings is 1. The minimum Gasteiger partial charge on any atom is -0.287 e. The molecule has 2 aromatic heterocycles. The Bertz CT molecular complexity index is 1220. The van der Waals surface area contributed by atoms with Crippen LogP contribution in [0.25, 0.3) is 12.2 Å². The van der Waals surface area contributed by atoms with E-state index in [9.17, 15) is 19.7 Å². The SMILES string of the molecule is CC(C)Cn1c(C=Cc2cnn(C)c2)c([N+](=O)[O-])c(=O)n(CCc2ccccc2)c1=O. The van der Waals surface area contributed by atoms with E-state index in [1.165, 1.54) is 10.6 Å². The van der Waals surface area contributed by atoms with Crippen LogP contribution in [0.3, 0.4) is 0 Å². The van der Waals surface area contributed by atoms with Crippen molar-refractivity contribution in [1.82, 2.24) is 18.9 Å². The summed E-state index contributed by atoms with van der Waals surface area (Å²) in [6.45, 7) is 4.13. The van der Waals surface area contributed by atoms with Gasteiger partial charge >= 0.3 is 16.9 Å². The van der Waals surface area contributed by atoms with Gasteiger partial charge in [-0.15, -0.1) is 0 Å². The first-order chi connectivity index (χ1) is 14.8. The van der Waals surface area contributed by atoms with E-state index in [0.717, 1.165) is 10.1 Å². The van der Waals surface area contributed by atoms with Crippen molar-refractivity contribution in [1.29, 1.82) is 0 Å². The van der Waals surface area contributed by atoms with Gasteiger partial charge in [0.2, 0.25) is 0 Å². The standard InChI is InChI=1S/C22H25N5O4/c1-16(2)14-26-19(10-9-18-13-23-24(3)15-18)20(27(30)31)21(28)25(22(26)29)12-11-17-7-5-4-6-8-17/h4-10,13,15-16H,11-12,14H2,1-3H3. The minimum atomic E-state index is -0.892. The first-order valence-electron chi connectivity index (χ1n) is 10.0. The van der Waals surface area contributed by atoms with Crippen molar-refractivity contribution in [3.63, 3.8) is 0 Å². The molecule has 0 aliphatic carbocycles. The average molecular weight is 423 g/mol. The van der Waals surface area contributed by atoms with Crippen molar-refractivity contribution in [2.75, 3.05) is 0 Å². The molecule has 0 atom stereocenters. The Labute approximate surface area is 179 Å². The fourth-order valence-electron chi connectivity index (χ4n) is 3.37. The van der Waals surface area contributed by atoms with Crippen LogP contribution >= 0.6 is 0 Å². The van der Waals surface area contributed by atoms with Crippen LogP contribution in [0.4, 0.5) is 5.69 Å². The monoisotopic (exact) mass is 423 g/mol. The fourth-order valence-corrected chi connectivity index (χ4v) is 3.37. The summed E-state index contributed by atoms with van der Waals surface area (Å²) >= 11 is 0. The third-order valence-corrected chi connectivity index (χ3v) is 4.80. The minimum absolute atomic E-state index is 0.00601. The molecule has 3 rings (SSSR count). The predicted octanol–water partition coefficient (Wildman–Crippen LogP) is 2.72. The van der Waals surface area contributed by atoms with Gasteiger partial charge in [-0.05, 0) is 30.1 Å². The van der Waals surface area contributed by atoms with E-state index in [-0.39, 0.29) is 24.7 Å². The molecule has 0 bridgehead atoms. The van der Waals surface area contributed by atoms with E-state index in [1.807, 2.05) is 44.2 Å². The van der Waals surface area contributed by atoms with Crippen LogP contribution < -0.4 is 11.2 Å². The van der Waals surface area contributed by atoms with Gasteiger partial charge in [0.15, 0.2) is 0 Å². The molecule has 3 aromatic rings. The molecule has 9 heteroatoms. The van der Waals surface area contributed by atoms with Crippen LogP contribution in [-0.4, -0.2) is 23.8 Å². The van der Waals surface area contributed by atoms with E-state index in [0.29, 0.717) is 12.0 Å². The number of hydrogen-bond acceptors (Lipinski definition) is 5. The van der Waals surface area contributed by atoms with Gasteiger partial charge in [-0.25, -0.2) is 4.79 Å². The topological polar surface area (TPSA) is 105 Å². The second-order valence-corrected chi connectivity index (χ2v) is 7.75. The molecule has 0 unspecified atom stereocenters. The zero-order chi connectivity index (χ0) is 22.5. The number of nitrogens with zero attached hydrogens (tertiary/aromatic N) is 5. The summed E-state index contributed by atoms with van der Waals surface area (Å²) in [5, 5.41) is 15.9. The van der Waals surface area contributed by atoms with Crippen LogP contribution in [0.1, 0.15) is 30.7 Å². The number of aryl methyl sites for hydroxylation is 2. The van der Waals surface area contributed by atoms with Crippen molar-refractivity contribution in [3.8, 4) is 0 Å². The Balaban J connectivity index is 2.14. The molecule has 1 aromatic carbocycles. The van der Waals surface area contributed by atoms with Crippen molar-refractivity contribution in [3.05, 3.63) is 90.5 Å². The summed E-state index contributed by atoms with van der Waals surface area (Å²) in [5.41, 5.74) is -0.411. The molecular weight excluding hydrogens is 398 g/mol. The molecule has 9 nitrogen and oxygen atoms in total. The van der Waals surface area contributed by atoms with E-state index in [1.54, 1.807) is 30.2 Å². The highest BCUT2D eigenvalue weighted by Gasteiger charge is 2.26. The molecule has 0 saturated heterocycles. The lowest BCUT2D eigenvalue weighted by molar-refractivity contribution is -0.387. The van der Waals surface area contributed by atoms with Crippen molar-refractivity contribution < 1.29 is 4.92 Å². The van der Waals surface area contributed by atoms with E-state index >= 15 is 0 Å². The Kier molecular flexibility index (Phi) is 6.64. The van der Waals surface area contributed by atoms with Gasteiger partial charge in [-0.1, -0.05) is 44.2 Å². The summed E-state index contributed by atoms with van der Waals surface area (Å²) < 4.78 is 3.88. The summed E-state index contributed by atoms with van der Waals surface area (Å²) in [6.07, 6.45) is 6.80. The number of aromatic nitrogens is 4. The molecule has 2 heterocycles. The zero-order valence-electron chi connectivity index (χ0n) is 17.8. The molecule has 0 N–H and O–H groups in total. The van der Waals surface area contributed by atoms with Crippen LogP contribution in [-0.2, 0) is 26.6 Å². The number of nitro groups is 1. The molecule has 31 heavy (non-hydrogen) atoms. The van der Waals surface area contributed by atoms with Crippen LogP contribution in [0, 0.1) is 16.0 Å². The zero-order valence-corrected chi connectivity index (χ0v) is 17.8. The molecule has 0 fully saturated rings. The maximum atomic E-state index is 13.2. The van der Waals surface area contributed by atoms with Gasteiger partial charge in [0.05, 0.1) is 11.1 Å². The molecule has 0 amide bonds. The predicted molar refractivity (Wildman–Crippen MR) is 119 cm³/mol. The largest absolute Gasteiger partial charge is 0.357 e. The van der Waals surface area contributed by atoms with Gasteiger partial charge in [0, 0.05) is 31.9 Å². The third-order valence-electron chi connectivity index (χ3n) is 4.80. The second kappa shape index (κ2) is 9.38. The first kappa shape index (κ1) is 21.9. The van der Waals surface area contributed by atoms with Crippen LogP contribution in [0.2, 0.25) is 0 Å². The van der Waals surface area contributed by atoms with E-state index in [2.05, 4.69) is 5.10 Å². The lowest BCUT2D eigenvalue weighted by Gasteiger charge is -2.15. The van der Waals surface area contributed by atoms with Gasteiger partial charge in [-0.3, -0.25) is 28.7 Å². The lowest BCUT2D eigenvalue weighted by Crippen LogP contribution is -2.43. The summed E-state index contributed by atoms with van der Waals surface area (Å²) in [5.74, 6) is 0.0444. The van der Waals surface area contributed by atoms with Gasteiger partial charge in [-0.2, -0.15) is 5.10 Å². The Morgan fingerprint density at radius 3 is 2.42 bits per heavy atom. The van der Waals surface area contributed by atoms with Gasteiger partial charge < -0.3 is 0 Å². The van der Waals surface area contributed by atoms with Crippen molar-refractivity contribution in [2.45, 2.75) is 33.4 Å². The van der Waals surface area contributed by atoms with Gasteiger partial charge in [0.1, 0.15) is 5.69 Å². The first-order valence-corrected chi connectivity index (χ1v) is 10.0. The fraction of sp³-hybridized carbons (Fsp3) is 0.318. The Hall–Kier alpha value is -3.75. The van der Waals surface area contributed by atoms with Crippen LogP contribution in [0.5, 0.6) is 0 Å². The Morgan fingerprint density at radius 2 is 1.84 bits per heavy atom. The molecule has 0 spiro atoms. The van der Waals surface area contributed by atoms with Crippen molar-refractivity contribution in [2.24, 2.45) is 13.0 Å². The smallest absolute Gasteiger partial charge is 0.287 e. The summed E-state index contributed by atoms with van der Waals surface area (Å²) in [6, 6.07) is 9.38. The molecule has 0 radical (unpaired) electrons. The molecular formula is C22H25N5O4. The van der Waals surface area contributed by atoms with E-state index in [4.69, 9.17) is 0 Å². The highest BCUT2D eigenvalue weighted by molar-refractivity contribution is 5.71. The molecule has 0 saturated carbocycles. The summed E-state index contributed by atoms with van der Waals surface area (Å²) in [4.78, 5) is 37.3. The highest BCUT2D eigenvalue weighted by atomic mass is 16.6. The highest BCUT2D eigenvalue weighted by Crippen LogP contribution is 2.17. The maximum Gasteiger partial charge on any atom is 0.357 e. The lowest BCUT2D eigenvalue weighted by atomic mass is 10.1. The second-order valence-electron chi connectivity index (χ2n) is 7.75. The molecule has 0 aliphatic rings. The maximum absolute atomic E-state index is 13.2. The van der Waals surface area contributed by atoms with Crippen molar-refractivity contribution >= 4 is 17.8 Å². The Morgan fingerprint density at radius 1 is 1.13 bits per heavy atom.